The molecule has 0 N–H and O–H groups in total. The molecule has 0 saturated heterocycles. The van der Waals surface area contributed by atoms with Gasteiger partial charge in [0.05, 0.1) is 18.1 Å². The fourth-order valence-corrected chi connectivity index (χ4v) is 3.43. The number of methoxy groups -OCH3 is 1. The number of hydrogen-bond donors (Lipinski definition) is 0. The van der Waals surface area contributed by atoms with E-state index in [0.717, 1.165) is 0 Å². The molecule has 1 aromatic heterocycles. The summed E-state index contributed by atoms with van der Waals surface area (Å²) in [5, 5.41) is 1.28. The number of rotatable bonds is 5. The van der Waals surface area contributed by atoms with Crippen LogP contribution in [0.1, 0.15) is 15.9 Å². The van der Waals surface area contributed by atoms with Gasteiger partial charge in [0.15, 0.2) is 5.76 Å². The maximum absolute atomic E-state index is 13.2. The second-order valence-corrected chi connectivity index (χ2v) is 7.59. The predicted molar refractivity (Wildman–Crippen MR) is 120 cm³/mol. The zero-order valence-corrected chi connectivity index (χ0v) is 17.9. The molecule has 4 rings (SSSR count). The third-order valence-electron chi connectivity index (χ3n) is 4.65. The molecular formula is C24H16Cl2O5. The summed E-state index contributed by atoms with van der Waals surface area (Å²) in [6.45, 7) is 0.0439. The Morgan fingerprint density at radius 3 is 2.45 bits per heavy atom. The van der Waals surface area contributed by atoms with Crippen molar-refractivity contribution in [3.63, 3.8) is 0 Å². The lowest BCUT2D eigenvalue weighted by Gasteiger charge is -2.12. The number of esters is 1. The summed E-state index contributed by atoms with van der Waals surface area (Å²) in [5.74, 6) is -0.135. The first kappa shape index (κ1) is 21.0. The van der Waals surface area contributed by atoms with E-state index in [0.29, 0.717) is 37.7 Å². The van der Waals surface area contributed by atoms with Gasteiger partial charge in [0, 0.05) is 15.6 Å². The smallest absolute Gasteiger partial charge is 0.337 e. The van der Waals surface area contributed by atoms with Crippen molar-refractivity contribution in [3.05, 3.63) is 98.1 Å². The number of hydrogen-bond acceptors (Lipinski definition) is 5. The quantitative estimate of drug-likeness (QED) is 0.339. The first-order chi connectivity index (χ1) is 15.0. The molecule has 5 nitrogen and oxygen atoms in total. The Balaban J connectivity index is 1.79. The van der Waals surface area contributed by atoms with Gasteiger partial charge in [0.1, 0.15) is 12.2 Å². The van der Waals surface area contributed by atoms with Crippen molar-refractivity contribution in [2.45, 2.75) is 6.61 Å². The lowest BCUT2D eigenvalue weighted by molar-refractivity contribution is 0.0600. The highest BCUT2D eigenvalue weighted by atomic mass is 35.5. The van der Waals surface area contributed by atoms with Crippen molar-refractivity contribution in [1.82, 2.24) is 0 Å². The summed E-state index contributed by atoms with van der Waals surface area (Å²) in [6.07, 6.45) is 0. The summed E-state index contributed by atoms with van der Waals surface area (Å²) in [7, 11) is 1.31. The highest BCUT2D eigenvalue weighted by Gasteiger charge is 2.18. The van der Waals surface area contributed by atoms with Gasteiger partial charge in [-0.25, -0.2) is 4.79 Å². The van der Waals surface area contributed by atoms with Crippen molar-refractivity contribution in [3.8, 4) is 17.1 Å². The van der Waals surface area contributed by atoms with Crippen molar-refractivity contribution in [1.29, 1.82) is 0 Å². The Morgan fingerprint density at radius 2 is 1.71 bits per heavy atom. The molecule has 0 aliphatic rings. The van der Waals surface area contributed by atoms with E-state index in [2.05, 4.69) is 0 Å². The van der Waals surface area contributed by atoms with Crippen molar-refractivity contribution >= 4 is 40.1 Å². The molecule has 0 atom stereocenters. The highest BCUT2D eigenvalue weighted by molar-refractivity contribution is 6.31. The Bertz CT molecular complexity index is 1330. The molecule has 0 aliphatic carbocycles. The largest absolute Gasteiger partial charge is 0.481 e. The molecule has 0 fully saturated rings. The first-order valence-corrected chi connectivity index (χ1v) is 10.0. The van der Waals surface area contributed by atoms with Crippen molar-refractivity contribution in [2.75, 3.05) is 7.11 Å². The summed E-state index contributed by atoms with van der Waals surface area (Å²) >= 11 is 12.1. The lowest BCUT2D eigenvalue weighted by Crippen LogP contribution is -2.11. The van der Waals surface area contributed by atoms with Crippen LogP contribution in [0, 0.1) is 0 Å². The Morgan fingerprint density at radius 1 is 0.968 bits per heavy atom. The van der Waals surface area contributed by atoms with Crippen LogP contribution in [0.25, 0.3) is 22.3 Å². The first-order valence-electron chi connectivity index (χ1n) is 9.28. The standard InChI is InChI=1S/C24H16Cl2O5/c1-29-24(28)16-4-2-3-14(11-16)13-30-23-21(27)19-12-18(26)9-10-20(19)31-22(23)15-5-7-17(25)8-6-15/h2-12H,13H2,1H3. The number of fused-ring (bicyclic) bond motifs is 1. The van der Waals surface area contributed by atoms with E-state index in [9.17, 15) is 9.59 Å². The molecule has 156 valence electrons. The fraction of sp³-hybridized carbons (Fsp3) is 0.0833. The van der Waals surface area contributed by atoms with Crippen LogP contribution in [0.15, 0.2) is 75.9 Å². The molecule has 1 heterocycles. The molecule has 4 aromatic rings. The monoisotopic (exact) mass is 454 g/mol. The minimum atomic E-state index is -0.455. The van der Waals surface area contributed by atoms with Gasteiger partial charge in [0.2, 0.25) is 11.2 Å². The summed E-state index contributed by atoms with van der Waals surface area (Å²) in [4.78, 5) is 25.0. The zero-order valence-electron chi connectivity index (χ0n) is 16.4. The number of ether oxygens (including phenoxy) is 2. The fourth-order valence-electron chi connectivity index (χ4n) is 3.13. The van der Waals surface area contributed by atoms with E-state index in [4.69, 9.17) is 37.1 Å². The van der Waals surface area contributed by atoms with E-state index in [1.54, 1.807) is 66.7 Å². The number of halogens is 2. The van der Waals surface area contributed by atoms with Gasteiger partial charge in [-0.3, -0.25) is 4.79 Å². The van der Waals surface area contributed by atoms with Gasteiger partial charge in [-0.1, -0.05) is 35.3 Å². The maximum atomic E-state index is 13.2. The molecule has 0 bridgehead atoms. The minimum Gasteiger partial charge on any atom is -0.481 e. The molecule has 0 saturated carbocycles. The van der Waals surface area contributed by atoms with Gasteiger partial charge in [-0.05, 0) is 60.2 Å². The summed E-state index contributed by atoms with van der Waals surface area (Å²) in [5.41, 5.74) is 1.75. The SMILES string of the molecule is COC(=O)c1cccc(COc2c(-c3ccc(Cl)cc3)oc3ccc(Cl)cc3c2=O)c1. The van der Waals surface area contributed by atoms with Crippen LogP contribution in [0.2, 0.25) is 10.0 Å². The molecule has 0 spiro atoms. The molecular weight excluding hydrogens is 439 g/mol. The average Bonchev–Trinajstić information content (AvgIpc) is 2.79. The molecule has 0 unspecified atom stereocenters. The average molecular weight is 455 g/mol. The van der Waals surface area contributed by atoms with Crippen LogP contribution in [-0.2, 0) is 11.3 Å². The Kier molecular flexibility index (Phi) is 5.98. The van der Waals surface area contributed by atoms with Gasteiger partial charge >= 0.3 is 5.97 Å². The van der Waals surface area contributed by atoms with Crippen LogP contribution in [0.5, 0.6) is 5.75 Å². The van der Waals surface area contributed by atoms with Gasteiger partial charge in [0.25, 0.3) is 0 Å². The van der Waals surface area contributed by atoms with Crippen LogP contribution >= 0.6 is 23.2 Å². The second kappa shape index (κ2) is 8.84. The van der Waals surface area contributed by atoms with Gasteiger partial charge in [-0.15, -0.1) is 0 Å². The topological polar surface area (TPSA) is 65.7 Å². The van der Waals surface area contributed by atoms with Crippen molar-refractivity contribution in [2.24, 2.45) is 0 Å². The van der Waals surface area contributed by atoms with E-state index in [1.807, 2.05) is 0 Å². The molecule has 0 radical (unpaired) electrons. The predicted octanol–water partition coefficient (Wildman–Crippen LogP) is 6.13. The van der Waals surface area contributed by atoms with Crippen LogP contribution in [0.3, 0.4) is 0 Å². The second-order valence-electron chi connectivity index (χ2n) is 6.72. The third kappa shape index (κ3) is 4.43. The Labute approximate surface area is 187 Å². The number of carbonyl (C=O) groups is 1. The maximum Gasteiger partial charge on any atom is 0.337 e. The summed E-state index contributed by atoms with van der Waals surface area (Å²) in [6, 6.07) is 18.5. The van der Waals surface area contributed by atoms with E-state index in [1.165, 1.54) is 7.11 Å². The van der Waals surface area contributed by atoms with Crippen LogP contribution in [-0.4, -0.2) is 13.1 Å². The number of benzene rings is 3. The molecule has 0 amide bonds. The zero-order chi connectivity index (χ0) is 22.0. The third-order valence-corrected chi connectivity index (χ3v) is 5.14. The van der Waals surface area contributed by atoms with E-state index in [-0.39, 0.29) is 23.5 Å². The molecule has 0 aliphatic heterocycles. The lowest BCUT2D eigenvalue weighted by atomic mass is 10.1. The number of carbonyl (C=O) groups excluding carboxylic acids is 1. The van der Waals surface area contributed by atoms with Crippen LogP contribution in [0.4, 0.5) is 0 Å². The normalized spacial score (nSPS) is 10.8. The summed E-state index contributed by atoms with van der Waals surface area (Å²) < 4.78 is 16.7. The van der Waals surface area contributed by atoms with Crippen molar-refractivity contribution < 1.29 is 18.7 Å². The van der Waals surface area contributed by atoms with Crippen LogP contribution < -0.4 is 10.2 Å². The molecule has 3 aromatic carbocycles. The van der Waals surface area contributed by atoms with E-state index < -0.39 is 5.97 Å². The molecule has 7 heteroatoms. The highest BCUT2D eigenvalue weighted by Crippen LogP contribution is 2.33. The van der Waals surface area contributed by atoms with E-state index >= 15 is 0 Å². The minimum absolute atomic E-state index is 0.0422. The molecule has 31 heavy (non-hydrogen) atoms. The Hall–Kier alpha value is -3.28. The van der Waals surface area contributed by atoms with Gasteiger partial charge in [-0.2, -0.15) is 0 Å². The van der Waals surface area contributed by atoms with Gasteiger partial charge < -0.3 is 13.9 Å².